The first-order chi connectivity index (χ1) is 14.6. The number of carbonyl (C=O) groups is 2. The number of nitrogens with zero attached hydrogens (tertiary/aromatic N) is 3. The van der Waals surface area contributed by atoms with E-state index in [1.807, 2.05) is 48.5 Å². The molecule has 150 valence electrons. The maximum Gasteiger partial charge on any atom is 0.323 e. The molecule has 1 amide bonds. The summed E-state index contributed by atoms with van der Waals surface area (Å²) in [6, 6.07) is 16.7. The van der Waals surface area contributed by atoms with Crippen molar-refractivity contribution in [2.24, 2.45) is 5.10 Å². The molecule has 4 aromatic rings. The number of rotatable bonds is 7. The van der Waals surface area contributed by atoms with Gasteiger partial charge in [0, 0.05) is 34.2 Å². The number of hydrogen-bond donors (Lipinski definition) is 2. The maximum atomic E-state index is 12.1. The van der Waals surface area contributed by atoms with Gasteiger partial charge in [0.15, 0.2) is 6.61 Å². The van der Waals surface area contributed by atoms with Crippen LogP contribution in [0.1, 0.15) is 5.56 Å². The van der Waals surface area contributed by atoms with Gasteiger partial charge in [-0.1, -0.05) is 36.4 Å². The molecule has 2 aromatic heterocycles. The molecule has 0 aliphatic carbocycles. The molecule has 0 fully saturated rings. The summed E-state index contributed by atoms with van der Waals surface area (Å²) in [6.07, 6.45) is 4.84. The zero-order chi connectivity index (χ0) is 20.9. The van der Waals surface area contributed by atoms with Gasteiger partial charge in [-0.3, -0.25) is 14.6 Å². The SMILES string of the molecule is O=C(O)Cn1cc(/C=N\NC(=O)COc2cccc3cccnc23)c2ccccc21. The van der Waals surface area contributed by atoms with E-state index in [2.05, 4.69) is 15.5 Å². The first-order valence-corrected chi connectivity index (χ1v) is 9.20. The largest absolute Gasteiger partial charge is 0.481 e. The Morgan fingerprint density at radius 1 is 1.13 bits per heavy atom. The molecule has 0 aliphatic rings. The number of amides is 1. The number of pyridine rings is 1. The van der Waals surface area contributed by atoms with Gasteiger partial charge in [0.05, 0.1) is 6.21 Å². The second-order valence-electron chi connectivity index (χ2n) is 6.54. The maximum absolute atomic E-state index is 12.1. The van der Waals surface area contributed by atoms with Crippen LogP contribution in [0, 0.1) is 0 Å². The number of aliphatic carboxylic acids is 1. The first-order valence-electron chi connectivity index (χ1n) is 9.20. The lowest BCUT2D eigenvalue weighted by molar-refractivity contribution is -0.137. The van der Waals surface area contributed by atoms with Crippen LogP contribution in [-0.4, -0.2) is 39.4 Å². The Balaban J connectivity index is 1.42. The fraction of sp³-hybridized carbons (Fsp3) is 0.0909. The lowest BCUT2D eigenvalue weighted by Gasteiger charge is -2.07. The standard InChI is InChI=1S/C22H18N4O4/c27-20(14-30-19-9-3-5-15-6-4-10-23-22(15)19)25-24-11-16-12-26(13-21(28)29)18-8-2-1-7-17(16)18/h1-12H,13-14H2,(H,25,27)(H,28,29)/b24-11-. The number of aromatic nitrogens is 2. The lowest BCUT2D eigenvalue weighted by Crippen LogP contribution is -2.24. The highest BCUT2D eigenvalue weighted by atomic mass is 16.5. The zero-order valence-electron chi connectivity index (χ0n) is 15.9. The number of carboxylic acids is 1. The summed E-state index contributed by atoms with van der Waals surface area (Å²) < 4.78 is 7.21. The van der Waals surface area contributed by atoms with E-state index < -0.39 is 11.9 Å². The van der Waals surface area contributed by atoms with E-state index in [-0.39, 0.29) is 13.2 Å². The fourth-order valence-corrected chi connectivity index (χ4v) is 3.20. The average Bonchev–Trinajstić information content (AvgIpc) is 3.09. The molecule has 0 spiro atoms. The first kappa shape index (κ1) is 19.1. The fourth-order valence-electron chi connectivity index (χ4n) is 3.20. The number of hydrazone groups is 1. The highest BCUT2D eigenvalue weighted by Gasteiger charge is 2.09. The van der Waals surface area contributed by atoms with Crippen LogP contribution in [0.15, 0.2) is 72.1 Å². The summed E-state index contributed by atoms with van der Waals surface area (Å²) in [5.74, 6) is -0.843. The van der Waals surface area contributed by atoms with Crippen LogP contribution in [0.25, 0.3) is 21.8 Å². The van der Waals surface area contributed by atoms with E-state index in [9.17, 15) is 9.59 Å². The molecule has 8 nitrogen and oxygen atoms in total. The number of ether oxygens (including phenoxy) is 1. The van der Waals surface area contributed by atoms with E-state index in [4.69, 9.17) is 9.84 Å². The number of nitrogens with one attached hydrogen (secondary N) is 1. The molecule has 2 aromatic carbocycles. The number of benzene rings is 2. The Morgan fingerprint density at radius 2 is 1.97 bits per heavy atom. The van der Waals surface area contributed by atoms with Crippen LogP contribution in [0.4, 0.5) is 0 Å². The molecule has 0 bridgehead atoms. The topological polar surface area (TPSA) is 106 Å². The van der Waals surface area contributed by atoms with Crippen molar-refractivity contribution in [1.29, 1.82) is 0 Å². The van der Waals surface area contributed by atoms with E-state index in [0.717, 1.165) is 16.3 Å². The number of hydrogen-bond acceptors (Lipinski definition) is 5. The minimum absolute atomic E-state index is 0.159. The molecule has 2 N–H and O–H groups in total. The van der Waals surface area contributed by atoms with Crippen LogP contribution >= 0.6 is 0 Å². The predicted molar refractivity (Wildman–Crippen MR) is 113 cm³/mol. The third-order valence-corrected chi connectivity index (χ3v) is 4.47. The quantitative estimate of drug-likeness (QED) is 0.365. The Bertz CT molecular complexity index is 1260. The lowest BCUT2D eigenvalue weighted by atomic mass is 10.2. The second kappa shape index (κ2) is 8.44. The normalized spacial score (nSPS) is 11.2. The molecular weight excluding hydrogens is 384 g/mol. The average molecular weight is 402 g/mol. The van der Waals surface area contributed by atoms with E-state index >= 15 is 0 Å². The Kier molecular flexibility index (Phi) is 5.38. The van der Waals surface area contributed by atoms with Crippen molar-refractivity contribution in [2.75, 3.05) is 6.61 Å². The smallest absolute Gasteiger partial charge is 0.323 e. The van der Waals surface area contributed by atoms with Crippen LogP contribution in [0.3, 0.4) is 0 Å². The highest BCUT2D eigenvalue weighted by molar-refractivity contribution is 6.00. The Labute approximate surface area is 171 Å². The summed E-state index contributed by atoms with van der Waals surface area (Å²) in [7, 11) is 0. The van der Waals surface area contributed by atoms with Gasteiger partial charge >= 0.3 is 5.97 Å². The van der Waals surface area contributed by atoms with Gasteiger partial charge < -0.3 is 14.4 Å². The predicted octanol–water partition coefficient (Wildman–Crippen LogP) is 2.80. The van der Waals surface area contributed by atoms with Gasteiger partial charge in [-0.25, -0.2) is 5.43 Å². The molecule has 2 heterocycles. The van der Waals surface area contributed by atoms with Crippen molar-refractivity contribution in [2.45, 2.75) is 6.54 Å². The molecule has 0 atom stereocenters. The van der Waals surface area contributed by atoms with E-state index in [1.54, 1.807) is 23.0 Å². The number of para-hydroxylation sites is 2. The van der Waals surface area contributed by atoms with Crippen LogP contribution < -0.4 is 10.2 Å². The van der Waals surface area contributed by atoms with E-state index in [1.165, 1.54) is 6.21 Å². The number of fused-ring (bicyclic) bond motifs is 2. The molecule has 0 saturated heterocycles. The van der Waals surface area contributed by atoms with Gasteiger partial charge in [-0.05, 0) is 18.2 Å². The van der Waals surface area contributed by atoms with Crippen molar-refractivity contribution >= 4 is 39.9 Å². The van der Waals surface area contributed by atoms with Crippen molar-refractivity contribution in [3.05, 3.63) is 72.6 Å². The molecule has 0 radical (unpaired) electrons. The summed E-state index contributed by atoms with van der Waals surface area (Å²) in [5, 5.41) is 14.8. The van der Waals surface area contributed by atoms with Crippen molar-refractivity contribution in [3.63, 3.8) is 0 Å². The Hall–Kier alpha value is -4.20. The van der Waals surface area contributed by atoms with E-state index in [0.29, 0.717) is 16.8 Å². The minimum atomic E-state index is -0.937. The van der Waals surface area contributed by atoms with Crippen molar-refractivity contribution in [3.8, 4) is 5.75 Å². The Morgan fingerprint density at radius 3 is 2.83 bits per heavy atom. The third kappa shape index (κ3) is 4.12. The molecule has 8 heteroatoms. The summed E-state index contributed by atoms with van der Waals surface area (Å²) in [5.41, 5.74) is 4.58. The molecular formula is C22H18N4O4. The third-order valence-electron chi connectivity index (χ3n) is 4.47. The number of carboxylic acid groups (broad SMARTS) is 1. The van der Waals surface area contributed by atoms with Gasteiger partial charge in [0.1, 0.15) is 17.8 Å². The van der Waals surface area contributed by atoms with Crippen LogP contribution in [-0.2, 0) is 16.1 Å². The van der Waals surface area contributed by atoms with Crippen LogP contribution in [0.2, 0.25) is 0 Å². The summed E-state index contributed by atoms with van der Waals surface area (Å²) in [6.45, 7) is -0.374. The number of carbonyl (C=O) groups excluding carboxylic acids is 1. The van der Waals surface area contributed by atoms with Gasteiger partial charge in [0.2, 0.25) is 0 Å². The molecule has 0 unspecified atom stereocenters. The van der Waals surface area contributed by atoms with Gasteiger partial charge in [-0.15, -0.1) is 0 Å². The highest BCUT2D eigenvalue weighted by Crippen LogP contribution is 2.23. The minimum Gasteiger partial charge on any atom is -0.481 e. The molecule has 0 saturated carbocycles. The van der Waals surface area contributed by atoms with Crippen molar-refractivity contribution in [1.82, 2.24) is 15.0 Å². The summed E-state index contributed by atoms with van der Waals surface area (Å²) >= 11 is 0. The van der Waals surface area contributed by atoms with Crippen LogP contribution in [0.5, 0.6) is 5.75 Å². The molecule has 0 aliphatic heterocycles. The molecule has 4 rings (SSSR count). The molecule has 30 heavy (non-hydrogen) atoms. The van der Waals surface area contributed by atoms with Crippen molar-refractivity contribution < 1.29 is 19.4 Å². The second-order valence-corrected chi connectivity index (χ2v) is 6.54. The zero-order valence-corrected chi connectivity index (χ0v) is 15.9. The van der Waals surface area contributed by atoms with Gasteiger partial charge in [-0.2, -0.15) is 5.10 Å². The summed E-state index contributed by atoms with van der Waals surface area (Å²) in [4.78, 5) is 27.5. The van der Waals surface area contributed by atoms with Gasteiger partial charge in [0.25, 0.3) is 5.91 Å². The monoisotopic (exact) mass is 402 g/mol.